The average molecular weight is 294 g/mol. The number of imidazole rings is 1. The summed E-state index contributed by atoms with van der Waals surface area (Å²) in [4.78, 5) is 29.9. The number of hydrogen-bond donors (Lipinski definition) is 3. The first-order valence-electron chi connectivity index (χ1n) is 6.04. The molecule has 1 aromatic carbocycles. The molecule has 0 saturated heterocycles. The van der Waals surface area contributed by atoms with E-state index >= 15 is 0 Å². The van der Waals surface area contributed by atoms with E-state index in [1.807, 2.05) is 0 Å². The number of carbonyl (C=O) groups excluding carboxylic acids is 2. The van der Waals surface area contributed by atoms with Crippen LogP contribution in [0.5, 0.6) is 0 Å². The lowest BCUT2D eigenvalue weighted by atomic mass is 10.2. The number of H-pyrrole nitrogens is 1. The third-order valence-electron chi connectivity index (χ3n) is 2.60. The number of halogens is 2. The van der Waals surface area contributed by atoms with Gasteiger partial charge in [-0.05, 0) is 18.2 Å². The summed E-state index contributed by atoms with van der Waals surface area (Å²) in [5, 5.41) is 4.84. The molecule has 8 heteroatoms. The van der Waals surface area contributed by atoms with Crippen molar-refractivity contribution in [3.05, 3.63) is 53.6 Å². The summed E-state index contributed by atoms with van der Waals surface area (Å²) in [7, 11) is 0. The molecule has 0 fully saturated rings. The fourth-order valence-corrected chi connectivity index (χ4v) is 1.54. The molecule has 2 aromatic rings. The van der Waals surface area contributed by atoms with Gasteiger partial charge in [0, 0.05) is 18.0 Å². The quantitative estimate of drug-likeness (QED) is 0.760. The van der Waals surface area contributed by atoms with E-state index in [0.29, 0.717) is 5.82 Å². The molecule has 0 aliphatic heterocycles. The van der Waals surface area contributed by atoms with E-state index in [9.17, 15) is 18.4 Å². The normalized spacial score (nSPS) is 10.2. The predicted octanol–water partition coefficient (Wildman–Crippen LogP) is 0.734. The number of amides is 2. The monoisotopic (exact) mass is 294 g/mol. The van der Waals surface area contributed by atoms with Crippen molar-refractivity contribution in [2.75, 3.05) is 6.54 Å². The molecule has 0 aliphatic carbocycles. The van der Waals surface area contributed by atoms with E-state index in [1.165, 1.54) is 0 Å². The molecule has 0 radical (unpaired) electrons. The smallest absolute Gasteiger partial charge is 0.251 e. The third-order valence-corrected chi connectivity index (χ3v) is 2.60. The summed E-state index contributed by atoms with van der Waals surface area (Å²) < 4.78 is 25.7. The van der Waals surface area contributed by atoms with Crippen LogP contribution in [0.25, 0.3) is 0 Å². The molecule has 0 unspecified atom stereocenters. The highest BCUT2D eigenvalue weighted by Crippen LogP contribution is 2.08. The summed E-state index contributed by atoms with van der Waals surface area (Å²) in [6.07, 6.45) is 3.17. The highest BCUT2D eigenvalue weighted by Gasteiger charge is 2.11. The molecule has 0 bridgehead atoms. The van der Waals surface area contributed by atoms with Gasteiger partial charge < -0.3 is 15.6 Å². The van der Waals surface area contributed by atoms with E-state index in [4.69, 9.17) is 0 Å². The van der Waals surface area contributed by atoms with Gasteiger partial charge in [0.2, 0.25) is 5.91 Å². The number of hydrogen-bond acceptors (Lipinski definition) is 3. The van der Waals surface area contributed by atoms with Gasteiger partial charge in [-0.2, -0.15) is 0 Å². The van der Waals surface area contributed by atoms with Crippen LogP contribution in [0.1, 0.15) is 16.2 Å². The Hall–Kier alpha value is -2.77. The Labute approximate surface area is 118 Å². The largest absolute Gasteiger partial charge is 0.347 e. The first-order chi connectivity index (χ1) is 10.1. The van der Waals surface area contributed by atoms with Crippen molar-refractivity contribution < 1.29 is 18.4 Å². The lowest BCUT2D eigenvalue weighted by Gasteiger charge is -2.06. The second-order valence-corrected chi connectivity index (χ2v) is 4.12. The maximum Gasteiger partial charge on any atom is 0.251 e. The topological polar surface area (TPSA) is 86.9 Å². The molecule has 0 atom stereocenters. The zero-order chi connectivity index (χ0) is 15.2. The molecule has 2 amide bonds. The van der Waals surface area contributed by atoms with Crippen molar-refractivity contribution in [3.8, 4) is 0 Å². The second kappa shape index (κ2) is 6.60. The Bertz CT molecular complexity index is 644. The molecule has 1 heterocycles. The highest BCUT2D eigenvalue weighted by atomic mass is 19.2. The molecule has 3 N–H and O–H groups in total. The SMILES string of the molecule is O=C(CNC(=O)c1ccc(F)c(F)c1)NCc1ncc[nH]1. The molecule has 2 rings (SSSR count). The summed E-state index contributed by atoms with van der Waals surface area (Å²) >= 11 is 0. The Morgan fingerprint density at radius 3 is 2.67 bits per heavy atom. The molecule has 1 aromatic heterocycles. The number of nitrogens with one attached hydrogen (secondary N) is 3. The van der Waals surface area contributed by atoms with Gasteiger partial charge in [0.25, 0.3) is 5.91 Å². The van der Waals surface area contributed by atoms with E-state index in [2.05, 4.69) is 20.6 Å². The fourth-order valence-electron chi connectivity index (χ4n) is 1.54. The van der Waals surface area contributed by atoms with Crippen LogP contribution in [0.2, 0.25) is 0 Å². The minimum absolute atomic E-state index is 0.0623. The van der Waals surface area contributed by atoms with Gasteiger partial charge in [-0.3, -0.25) is 9.59 Å². The van der Waals surface area contributed by atoms with Gasteiger partial charge in [0.1, 0.15) is 5.82 Å². The van der Waals surface area contributed by atoms with E-state index in [0.717, 1.165) is 18.2 Å². The molecule has 110 valence electrons. The minimum atomic E-state index is -1.12. The number of rotatable bonds is 5. The third kappa shape index (κ3) is 4.10. The number of aromatic amines is 1. The predicted molar refractivity (Wildman–Crippen MR) is 69.1 cm³/mol. The van der Waals surface area contributed by atoms with Gasteiger partial charge in [-0.15, -0.1) is 0 Å². The molecule has 0 spiro atoms. The van der Waals surface area contributed by atoms with Crippen LogP contribution in [0.3, 0.4) is 0 Å². The number of carbonyl (C=O) groups is 2. The summed E-state index contributed by atoms with van der Waals surface area (Å²) in [6, 6.07) is 2.75. The van der Waals surface area contributed by atoms with Crippen molar-refractivity contribution in [2.45, 2.75) is 6.54 Å². The van der Waals surface area contributed by atoms with Crippen molar-refractivity contribution in [1.29, 1.82) is 0 Å². The number of aromatic nitrogens is 2. The van der Waals surface area contributed by atoms with E-state index in [-0.39, 0.29) is 18.7 Å². The summed E-state index contributed by atoms with van der Waals surface area (Å²) in [5.41, 5.74) is -0.0623. The van der Waals surface area contributed by atoms with Crippen molar-refractivity contribution in [2.24, 2.45) is 0 Å². The van der Waals surface area contributed by atoms with Gasteiger partial charge in [-0.25, -0.2) is 13.8 Å². The first kappa shape index (κ1) is 14.6. The Morgan fingerprint density at radius 2 is 2.00 bits per heavy atom. The fraction of sp³-hybridized carbons (Fsp3) is 0.154. The molecular weight excluding hydrogens is 282 g/mol. The van der Waals surface area contributed by atoms with E-state index in [1.54, 1.807) is 12.4 Å². The average Bonchev–Trinajstić information content (AvgIpc) is 2.98. The van der Waals surface area contributed by atoms with Crippen molar-refractivity contribution >= 4 is 11.8 Å². The highest BCUT2D eigenvalue weighted by molar-refractivity contribution is 5.96. The van der Waals surface area contributed by atoms with Crippen LogP contribution in [0, 0.1) is 11.6 Å². The molecule has 0 aliphatic rings. The van der Waals surface area contributed by atoms with E-state index < -0.39 is 23.4 Å². The second-order valence-electron chi connectivity index (χ2n) is 4.12. The zero-order valence-corrected chi connectivity index (χ0v) is 10.8. The van der Waals surface area contributed by atoms with Crippen LogP contribution in [0.4, 0.5) is 8.78 Å². The van der Waals surface area contributed by atoms with Crippen LogP contribution in [0.15, 0.2) is 30.6 Å². The maximum absolute atomic E-state index is 13.0. The number of nitrogens with zero attached hydrogens (tertiary/aromatic N) is 1. The lowest BCUT2D eigenvalue weighted by molar-refractivity contribution is -0.120. The van der Waals surface area contributed by atoms with Crippen LogP contribution < -0.4 is 10.6 Å². The standard InChI is InChI=1S/C13H12F2N4O2/c14-9-2-1-8(5-10(9)15)13(21)19-7-12(20)18-6-11-16-3-4-17-11/h1-5H,6-7H2,(H,16,17)(H,18,20)(H,19,21). The molecule has 6 nitrogen and oxygen atoms in total. The first-order valence-corrected chi connectivity index (χ1v) is 6.04. The zero-order valence-electron chi connectivity index (χ0n) is 10.8. The Balaban J connectivity index is 1.80. The van der Waals surface area contributed by atoms with Crippen LogP contribution in [-0.2, 0) is 11.3 Å². The molecule has 0 saturated carbocycles. The number of benzene rings is 1. The van der Waals surface area contributed by atoms with Crippen LogP contribution >= 0.6 is 0 Å². The van der Waals surface area contributed by atoms with Gasteiger partial charge in [0.05, 0.1) is 13.1 Å². The Morgan fingerprint density at radius 1 is 1.19 bits per heavy atom. The summed E-state index contributed by atoms with van der Waals surface area (Å²) in [6.45, 7) is -0.0780. The summed E-state index contributed by atoms with van der Waals surface area (Å²) in [5.74, 6) is -2.67. The molecule has 21 heavy (non-hydrogen) atoms. The van der Waals surface area contributed by atoms with Crippen molar-refractivity contribution in [1.82, 2.24) is 20.6 Å². The lowest BCUT2D eigenvalue weighted by Crippen LogP contribution is -2.36. The minimum Gasteiger partial charge on any atom is -0.347 e. The van der Waals surface area contributed by atoms with Gasteiger partial charge >= 0.3 is 0 Å². The van der Waals surface area contributed by atoms with Crippen LogP contribution in [-0.4, -0.2) is 28.3 Å². The maximum atomic E-state index is 13.0. The molecular formula is C13H12F2N4O2. The van der Waals surface area contributed by atoms with Gasteiger partial charge in [-0.1, -0.05) is 0 Å². The Kier molecular flexibility index (Phi) is 4.60. The van der Waals surface area contributed by atoms with Gasteiger partial charge in [0.15, 0.2) is 11.6 Å². The van der Waals surface area contributed by atoms with Crippen molar-refractivity contribution in [3.63, 3.8) is 0 Å².